The minimum atomic E-state index is 0.0443. The molecule has 0 saturated heterocycles. The van der Waals surface area contributed by atoms with Gasteiger partial charge in [0, 0.05) is 60.2 Å². The van der Waals surface area contributed by atoms with E-state index in [4.69, 9.17) is 10.7 Å². The molecule has 0 spiro atoms. The van der Waals surface area contributed by atoms with Gasteiger partial charge in [0.15, 0.2) is 5.82 Å². The molecule has 4 aromatic heterocycles. The van der Waals surface area contributed by atoms with Crippen molar-refractivity contribution < 1.29 is 0 Å². The van der Waals surface area contributed by atoms with Gasteiger partial charge in [-0.05, 0) is 41.5 Å². The lowest BCUT2D eigenvalue weighted by Gasteiger charge is -2.14. The first-order chi connectivity index (χ1) is 15.1. The molecule has 8 nitrogen and oxygen atoms in total. The van der Waals surface area contributed by atoms with Crippen molar-refractivity contribution in [2.24, 2.45) is 10.7 Å². The number of nitrogens with one attached hydrogen (secondary N) is 1. The lowest BCUT2D eigenvalue weighted by molar-refractivity contribution is 0.879. The van der Waals surface area contributed by atoms with Gasteiger partial charge in [0.1, 0.15) is 5.82 Å². The molecule has 1 aliphatic heterocycles. The Labute approximate surface area is 179 Å². The minimum absolute atomic E-state index is 0.0443. The number of pyridine rings is 3. The summed E-state index contributed by atoms with van der Waals surface area (Å²) in [5, 5.41) is 11.6. The largest absolute Gasteiger partial charge is 0.398 e. The standard InChI is InChI=1S/C23H20N8/c1-13-14-5-17(9-26-8-14)23(24)18(12-25-2)16-6-20-19(27-10-16)3-4-21(29-20)30-22-7-15(13)11-28-31-22/h3-13H,24H2,1-2H3,(H,29,30,31). The molecular formula is C23H20N8. The molecule has 7 bridgehead atoms. The molecule has 152 valence electrons. The Balaban J connectivity index is 1.82. The third-order valence-corrected chi connectivity index (χ3v) is 5.40. The summed E-state index contributed by atoms with van der Waals surface area (Å²) in [6, 6.07) is 9.77. The number of allylic oxidation sites excluding steroid dienone is 1. The summed E-state index contributed by atoms with van der Waals surface area (Å²) < 4.78 is 0. The molecule has 4 aromatic rings. The van der Waals surface area contributed by atoms with Gasteiger partial charge in [-0.15, -0.1) is 5.10 Å². The molecule has 0 amide bonds. The second-order valence-electron chi connectivity index (χ2n) is 7.40. The highest BCUT2D eigenvalue weighted by Gasteiger charge is 2.15. The van der Waals surface area contributed by atoms with Crippen molar-refractivity contribution in [3.63, 3.8) is 0 Å². The minimum Gasteiger partial charge on any atom is -0.398 e. The van der Waals surface area contributed by atoms with Gasteiger partial charge < -0.3 is 11.1 Å². The number of nitrogens with two attached hydrogens (primary N) is 1. The van der Waals surface area contributed by atoms with Crippen molar-refractivity contribution in [3.8, 4) is 0 Å². The Morgan fingerprint density at radius 1 is 0.968 bits per heavy atom. The average Bonchev–Trinajstić information content (AvgIpc) is 2.81. The van der Waals surface area contributed by atoms with Crippen molar-refractivity contribution in [3.05, 3.63) is 77.4 Å². The van der Waals surface area contributed by atoms with E-state index >= 15 is 0 Å². The molecule has 0 radical (unpaired) electrons. The van der Waals surface area contributed by atoms with Crippen LogP contribution in [0.4, 0.5) is 11.6 Å². The van der Waals surface area contributed by atoms with Crippen LogP contribution in [-0.2, 0) is 0 Å². The first kappa shape index (κ1) is 18.8. The Morgan fingerprint density at radius 2 is 1.84 bits per heavy atom. The number of aliphatic imine (C=N–C) groups is 1. The van der Waals surface area contributed by atoms with Crippen molar-refractivity contribution >= 4 is 40.2 Å². The molecule has 0 saturated carbocycles. The molecule has 5 rings (SSSR count). The van der Waals surface area contributed by atoms with Crippen LogP contribution in [0.3, 0.4) is 0 Å². The van der Waals surface area contributed by atoms with E-state index in [1.165, 1.54) is 0 Å². The van der Waals surface area contributed by atoms with E-state index in [9.17, 15) is 0 Å². The van der Waals surface area contributed by atoms with Gasteiger partial charge in [-0.25, -0.2) is 4.98 Å². The molecule has 1 atom stereocenters. The quantitative estimate of drug-likeness (QED) is 0.463. The number of hydrogen-bond donors (Lipinski definition) is 2. The Kier molecular flexibility index (Phi) is 4.59. The maximum Gasteiger partial charge on any atom is 0.154 e. The first-order valence-electron chi connectivity index (χ1n) is 9.86. The lowest BCUT2D eigenvalue weighted by Crippen LogP contribution is -2.06. The predicted octanol–water partition coefficient (Wildman–Crippen LogP) is 3.55. The average molecular weight is 408 g/mol. The molecule has 31 heavy (non-hydrogen) atoms. The number of anilines is 2. The highest BCUT2D eigenvalue weighted by Crippen LogP contribution is 2.29. The van der Waals surface area contributed by atoms with Crippen molar-refractivity contribution in [2.75, 3.05) is 12.4 Å². The van der Waals surface area contributed by atoms with Crippen LogP contribution in [0.15, 0.2) is 60.1 Å². The highest BCUT2D eigenvalue weighted by molar-refractivity contribution is 6.19. The van der Waals surface area contributed by atoms with Gasteiger partial charge in [0.2, 0.25) is 0 Å². The Hall–Kier alpha value is -4.20. The maximum atomic E-state index is 6.61. The lowest BCUT2D eigenvalue weighted by atomic mass is 9.93. The molecule has 1 unspecified atom stereocenters. The van der Waals surface area contributed by atoms with Gasteiger partial charge in [0.25, 0.3) is 0 Å². The fourth-order valence-corrected chi connectivity index (χ4v) is 3.65. The van der Waals surface area contributed by atoms with Crippen LogP contribution in [0.1, 0.15) is 35.1 Å². The molecule has 3 N–H and O–H groups in total. The van der Waals surface area contributed by atoms with E-state index in [0.29, 0.717) is 17.3 Å². The van der Waals surface area contributed by atoms with E-state index in [1.807, 2.05) is 36.5 Å². The van der Waals surface area contributed by atoms with Crippen LogP contribution >= 0.6 is 0 Å². The maximum absolute atomic E-state index is 6.61. The second kappa shape index (κ2) is 7.56. The fraction of sp³-hybridized carbons (Fsp3) is 0.130. The van der Waals surface area contributed by atoms with Crippen molar-refractivity contribution in [2.45, 2.75) is 12.8 Å². The Bertz CT molecular complexity index is 1360. The summed E-state index contributed by atoms with van der Waals surface area (Å²) in [6.07, 6.45) is 8.90. The SMILES string of the molecule is CN=CC1=C(N)c2cncc(c2)C(C)c2cnnc(c2)Nc2ccc3ncc1cc3n2. The van der Waals surface area contributed by atoms with Gasteiger partial charge >= 0.3 is 0 Å². The number of aromatic nitrogens is 5. The third kappa shape index (κ3) is 3.48. The Morgan fingerprint density at radius 3 is 2.71 bits per heavy atom. The molecule has 0 fully saturated rings. The van der Waals surface area contributed by atoms with E-state index in [2.05, 4.69) is 37.4 Å². The summed E-state index contributed by atoms with van der Waals surface area (Å²) >= 11 is 0. The molecular weight excluding hydrogens is 388 g/mol. The highest BCUT2D eigenvalue weighted by atomic mass is 15.2. The van der Waals surface area contributed by atoms with Crippen LogP contribution in [0.5, 0.6) is 0 Å². The van der Waals surface area contributed by atoms with Crippen LogP contribution in [0.25, 0.3) is 22.3 Å². The van der Waals surface area contributed by atoms with Crippen molar-refractivity contribution in [1.29, 1.82) is 0 Å². The number of fused-ring (bicyclic) bond motifs is 6. The van der Waals surface area contributed by atoms with Crippen LogP contribution in [0, 0.1) is 0 Å². The van der Waals surface area contributed by atoms with Gasteiger partial charge in [-0.2, -0.15) is 5.10 Å². The molecule has 5 heterocycles. The second-order valence-corrected chi connectivity index (χ2v) is 7.40. The summed E-state index contributed by atoms with van der Waals surface area (Å²) in [6.45, 7) is 2.10. The van der Waals surface area contributed by atoms with E-state index < -0.39 is 0 Å². The summed E-state index contributed by atoms with van der Waals surface area (Å²) in [4.78, 5) is 17.9. The van der Waals surface area contributed by atoms with Gasteiger partial charge in [0.05, 0.1) is 17.2 Å². The first-order valence-corrected chi connectivity index (χ1v) is 9.86. The van der Waals surface area contributed by atoms with Crippen LogP contribution in [0.2, 0.25) is 0 Å². The third-order valence-electron chi connectivity index (χ3n) is 5.40. The normalized spacial score (nSPS) is 15.9. The monoisotopic (exact) mass is 408 g/mol. The summed E-state index contributed by atoms with van der Waals surface area (Å²) in [7, 11) is 1.72. The van der Waals surface area contributed by atoms with E-state index in [1.54, 1.807) is 31.9 Å². The summed E-state index contributed by atoms with van der Waals surface area (Å²) in [5.41, 5.74) is 13.1. The van der Waals surface area contributed by atoms with Crippen LogP contribution < -0.4 is 11.1 Å². The number of hydrogen-bond acceptors (Lipinski definition) is 8. The topological polar surface area (TPSA) is 115 Å². The fourth-order valence-electron chi connectivity index (χ4n) is 3.65. The number of nitrogens with zero attached hydrogens (tertiary/aromatic N) is 6. The van der Waals surface area contributed by atoms with Gasteiger partial charge in [-0.1, -0.05) is 6.92 Å². The predicted molar refractivity (Wildman–Crippen MR) is 122 cm³/mol. The molecule has 1 aliphatic rings. The zero-order chi connectivity index (χ0) is 21.4. The molecule has 8 heteroatoms. The van der Waals surface area contributed by atoms with Crippen molar-refractivity contribution in [1.82, 2.24) is 25.1 Å². The number of rotatable bonds is 1. The zero-order valence-electron chi connectivity index (χ0n) is 17.1. The van der Waals surface area contributed by atoms with E-state index in [-0.39, 0.29) is 5.92 Å². The smallest absolute Gasteiger partial charge is 0.154 e. The van der Waals surface area contributed by atoms with Gasteiger partial charge in [-0.3, -0.25) is 15.0 Å². The van der Waals surface area contributed by atoms with Crippen LogP contribution in [-0.4, -0.2) is 38.4 Å². The van der Waals surface area contributed by atoms with E-state index in [0.717, 1.165) is 38.9 Å². The molecule has 0 aliphatic carbocycles. The summed E-state index contributed by atoms with van der Waals surface area (Å²) in [5.74, 6) is 1.32. The molecule has 0 aromatic carbocycles. The zero-order valence-corrected chi connectivity index (χ0v) is 17.1.